The van der Waals surface area contributed by atoms with E-state index in [1.807, 2.05) is 20.8 Å². The second kappa shape index (κ2) is 6.03. The Balaban J connectivity index is 0.000000561. The molecular formula is C9H13FOS. The summed E-state index contributed by atoms with van der Waals surface area (Å²) in [5, 5.41) is 0. The van der Waals surface area contributed by atoms with Crippen molar-refractivity contribution in [3.05, 3.63) is 29.6 Å². The highest BCUT2D eigenvalue weighted by Gasteiger charge is 1.99. The Labute approximate surface area is 76.8 Å². The van der Waals surface area contributed by atoms with Crippen LogP contribution in [-0.2, 0) is 0 Å². The predicted molar refractivity (Wildman–Crippen MR) is 51.0 cm³/mol. The van der Waals surface area contributed by atoms with Gasteiger partial charge in [-0.2, -0.15) is 0 Å². The van der Waals surface area contributed by atoms with Crippen molar-refractivity contribution in [2.75, 3.05) is 0 Å². The van der Waals surface area contributed by atoms with Gasteiger partial charge in [0, 0.05) is 12.0 Å². The molecule has 0 atom stereocenters. The van der Waals surface area contributed by atoms with E-state index in [9.17, 15) is 4.39 Å². The van der Waals surface area contributed by atoms with Crippen molar-refractivity contribution in [1.82, 2.24) is 0 Å². The minimum absolute atomic E-state index is 0.278. The second-order valence-corrected chi connectivity index (χ2v) is 2.65. The van der Waals surface area contributed by atoms with Crippen molar-refractivity contribution < 1.29 is 8.94 Å². The number of hydrogen-bond acceptors (Lipinski definition) is 2. The quantitative estimate of drug-likeness (QED) is 0.678. The molecular weight excluding hydrogens is 175 g/mol. The number of aryl methyl sites for hydroxylation is 1. The lowest BCUT2D eigenvalue weighted by molar-refractivity contribution is 0.590. The molecule has 3 heteroatoms. The molecule has 0 aliphatic rings. The van der Waals surface area contributed by atoms with Crippen molar-refractivity contribution in [3.63, 3.8) is 0 Å². The fourth-order valence-corrected chi connectivity index (χ4v) is 1.07. The van der Waals surface area contributed by atoms with Crippen LogP contribution in [0.25, 0.3) is 0 Å². The molecule has 0 saturated heterocycles. The fourth-order valence-electron chi connectivity index (χ4n) is 0.681. The van der Waals surface area contributed by atoms with Gasteiger partial charge < -0.3 is 4.55 Å². The van der Waals surface area contributed by atoms with Gasteiger partial charge in [0.25, 0.3) is 0 Å². The van der Waals surface area contributed by atoms with Gasteiger partial charge >= 0.3 is 0 Å². The first-order valence-corrected chi connectivity index (χ1v) is 4.59. The number of rotatable bonds is 1. The Morgan fingerprint density at radius 3 is 2.33 bits per heavy atom. The Morgan fingerprint density at radius 2 is 1.92 bits per heavy atom. The van der Waals surface area contributed by atoms with Crippen LogP contribution >= 0.6 is 12.0 Å². The van der Waals surface area contributed by atoms with E-state index in [0.29, 0.717) is 12.0 Å². The average Bonchev–Trinajstić information content (AvgIpc) is 2.13. The molecule has 12 heavy (non-hydrogen) atoms. The molecule has 1 N–H and O–H groups in total. The Bertz CT molecular complexity index is 238. The van der Waals surface area contributed by atoms with Crippen LogP contribution in [0.2, 0.25) is 0 Å². The Kier molecular flexibility index (Phi) is 5.76. The SMILES string of the molecule is CC.Cc1ccc(F)c(SO)c1. The molecule has 0 amide bonds. The zero-order valence-corrected chi connectivity index (χ0v) is 8.28. The molecule has 0 aliphatic heterocycles. The van der Waals surface area contributed by atoms with Gasteiger partial charge in [-0.1, -0.05) is 19.9 Å². The summed E-state index contributed by atoms with van der Waals surface area (Å²) in [6.07, 6.45) is 0. The largest absolute Gasteiger partial charge is 0.325 e. The van der Waals surface area contributed by atoms with Crippen LogP contribution in [0.4, 0.5) is 4.39 Å². The summed E-state index contributed by atoms with van der Waals surface area (Å²) in [7, 11) is 0. The molecule has 0 unspecified atom stereocenters. The molecule has 0 spiro atoms. The van der Waals surface area contributed by atoms with Crippen LogP contribution in [0.3, 0.4) is 0 Å². The van der Waals surface area contributed by atoms with Crippen molar-refractivity contribution in [2.45, 2.75) is 25.7 Å². The molecule has 0 saturated carbocycles. The first kappa shape index (κ1) is 11.5. The normalized spacial score (nSPS) is 8.75. The van der Waals surface area contributed by atoms with Gasteiger partial charge in [-0.15, -0.1) is 0 Å². The van der Waals surface area contributed by atoms with E-state index in [2.05, 4.69) is 0 Å². The first-order chi connectivity index (χ1) is 5.74. The van der Waals surface area contributed by atoms with Crippen LogP contribution in [0.1, 0.15) is 19.4 Å². The lowest BCUT2D eigenvalue weighted by Crippen LogP contribution is -1.80. The topological polar surface area (TPSA) is 20.2 Å². The highest BCUT2D eigenvalue weighted by molar-refractivity contribution is 7.93. The van der Waals surface area contributed by atoms with Crippen LogP contribution in [0.5, 0.6) is 0 Å². The molecule has 0 aliphatic carbocycles. The van der Waals surface area contributed by atoms with E-state index < -0.39 is 0 Å². The number of hydrogen-bond donors (Lipinski definition) is 1. The summed E-state index contributed by atoms with van der Waals surface area (Å²) in [5.74, 6) is -0.377. The molecule has 0 heterocycles. The van der Waals surface area contributed by atoms with Gasteiger partial charge in [0.15, 0.2) is 0 Å². The summed E-state index contributed by atoms with van der Waals surface area (Å²) >= 11 is 0.435. The van der Waals surface area contributed by atoms with Crippen LogP contribution in [-0.4, -0.2) is 4.55 Å². The first-order valence-electron chi connectivity index (χ1n) is 3.81. The van der Waals surface area contributed by atoms with E-state index in [0.717, 1.165) is 5.56 Å². The standard InChI is InChI=1S/C7H7FOS.C2H6/c1-5-2-3-6(8)7(4-5)10-9;1-2/h2-4,9H,1H3;1-2H3. The summed E-state index contributed by atoms with van der Waals surface area (Å²) in [6.45, 7) is 5.85. The molecule has 0 fully saturated rings. The Hall–Kier alpha value is -0.540. The maximum Gasteiger partial charge on any atom is 0.139 e. The van der Waals surface area contributed by atoms with E-state index >= 15 is 0 Å². The minimum atomic E-state index is -0.377. The molecule has 0 aromatic heterocycles. The second-order valence-electron chi connectivity index (χ2n) is 2.03. The molecule has 0 radical (unpaired) electrons. The minimum Gasteiger partial charge on any atom is -0.325 e. The third kappa shape index (κ3) is 3.24. The van der Waals surface area contributed by atoms with Crippen molar-refractivity contribution >= 4 is 12.0 Å². The van der Waals surface area contributed by atoms with Gasteiger partial charge in [-0.25, -0.2) is 4.39 Å². The van der Waals surface area contributed by atoms with E-state index in [1.54, 1.807) is 12.1 Å². The van der Waals surface area contributed by atoms with Crippen molar-refractivity contribution in [1.29, 1.82) is 0 Å². The molecule has 1 nitrogen and oxygen atoms in total. The summed E-state index contributed by atoms with van der Waals surface area (Å²) in [6, 6.07) is 4.60. The lowest BCUT2D eigenvalue weighted by atomic mass is 10.2. The van der Waals surface area contributed by atoms with Crippen LogP contribution in [0.15, 0.2) is 23.1 Å². The summed E-state index contributed by atoms with van der Waals surface area (Å²) in [5.41, 5.74) is 0.943. The zero-order valence-electron chi connectivity index (χ0n) is 7.47. The summed E-state index contributed by atoms with van der Waals surface area (Å²) in [4.78, 5) is 0.278. The van der Waals surface area contributed by atoms with Crippen LogP contribution < -0.4 is 0 Å². The maximum absolute atomic E-state index is 12.6. The third-order valence-corrected chi connectivity index (χ3v) is 1.69. The van der Waals surface area contributed by atoms with E-state index in [-0.39, 0.29) is 10.7 Å². The molecule has 1 rings (SSSR count). The van der Waals surface area contributed by atoms with E-state index in [4.69, 9.17) is 4.55 Å². The van der Waals surface area contributed by atoms with Gasteiger partial charge in [0.2, 0.25) is 0 Å². The highest BCUT2D eigenvalue weighted by Crippen LogP contribution is 2.19. The van der Waals surface area contributed by atoms with Crippen molar-refractivity contribution in [2.24, 2.45) is 0 Å². The highest BCUT2D eigenvalue weighted by atomic mass is 32.2. The molecule has 1 aromatic carbocycles. The van der Waals surface area contributed by atoms with Gasteiger partial charge in [-0.3, -0.25) is 0 Å². The predicted octanol–water partition coefficient (Wildman–Crippen LogP) is 3.73. The lowest BCUT2D eigenvalue weighted by Gasteiger charge is -1.97. The zero-order chi connectivity index (χ0) is 9.56. The smallest absolute Gasteiger partial charge is 0.139 e. The monoisotopic (exact) mass is 188 g/mol. The molecule has 1 aromatic rings. The number of benzene rings is 1. The van der Waals surface area contributed by atoms with E-state index in [1.165, 1.54) is 6.07 Å². The summed E-state index contributed by atoms with van der Waals surface area (Å²) < 4.78 is 21.1. The Morgan fingerprint density at radius 1 is 1.33 bits per heavy atom. The van der Waals surface area contributed by atoms with Gasteiger partial charge in [0.05, 0.1) is 4.90 Å². The van der Waals surface area contributed by atoms with Gasteiger partial charge in [-0.05, 0) is 24.6 Å². The number of halogens is 1. The molecule has 0 bridgehead atoms. The van der Waals surface area contributed by atoms with Crippen LogP contribution in [0, 0.1) is 12.7 Å². The van der Waals surface area contributed by atoms with Crippen molar-refractivity contribution in [3.8, 4) is 0 Å². The van der Waals surface area contributed by atoms with Gasteiger partial charge in [0.1, 0.15) is 5.82 Å². The molecule has 68 valence electrons. The maximum atomic E-state index is 12.6. The fraction of sp³-hybridized carbons (Fsp3) is 0.333. The average molecular weight is 188 g/mol. The third-order valence-electron chi connectivity index (χ3n) is 1.19.